The summed E-state index contributed by atoms with van der Waals surface area (Å²) in [6.07, 6.45) is 1.89. The van der Waals surface area contributed by atoms with Gasteiger partial charge in [0.2, 0.25) is 0 Å². The number of methoxy groups -OCH3 is 2. The summed E-state index contributed by atoms with van der Waals surface area (Å²) in [4.78, 5) is 2.32. The standard InChI is InChI=1S/C12H24N4O2/c1-11(10-18-3)15(8-9-17-2)6-7-16-5-4-12(13)14-16/h4-5,11H,6-10H2,1-3H3,(H2,13,14). The molecule has 0 radical (unpaired) electrons. The number of aromatic nitrogens is 2. The Balaban J connectivity index is 2.44. The third-order valence-corrected chi connectivity index (χ3v) is 2.89. The highest BCUT2D eigenvalue weighted by atomic mass is 16.5. The van der Waals surface area contributed by atoms with Crippen LogP contribution >= 0.6 is 0 Å². The second-order valence-corrected chi connectivity index (χ2v) is 4.34. The van der Waals surface area contributed by atoms with Crippen molar-refractivity contribution in [2.24, 2.45) is 0 Å². The van der Waals surface area contributed by atoms with Gasteiger partial charge in [-0.05, 0) is 13.0 Å². The zero-order chi connectivity index (χ0) is 13.4. The van der Waals surface area contributed by atoms with Gasteiger partial charge in [0.15, 0.2) is 0 Å². The first-order chi connectivity index (χ1) is 8.67. The van der Waals surface area contributed by atoms with E-state index in [2.05, 4.69) is 16.9 Å². The summed E-state index contributed by atoms with van der Waals surface area (Å²) < 4.78 is 12.2. The Morgan fingerprint density at radius 1 is 1.39 bits per heavy atom. The van der Waals surface area contributed by atoms with Crippen LogP contribution in [0.15, 0.2) is 12.3 Å². The molecule has 1 heterocycles. The Kier molecular flexibility index (Phi) is 6.70. The van der Waals surface area contributed by atoms with Crippen LogP contribution in [-0.4, -0.2) is 61.2 Å². The molecule has 0 aliphatic rings. The summed E-state index contributed by atoms with van der Waals surface area (Å²) in [5, 5.41) is 4.17. The van der Waals surface area contributed by atoms with Gasteiger partial charge in [-0.1, -0.05) is 0 Å². The third kappa shape index (κ3) is 5.03. The molecule has 1 atom stereocenters. The number of rotatable bonds is 9. The second-order valence-electron chi connectivity index (χ2n) is 4.34. The molecule has 6 nitrogen and oxygen atoms in total. The fourth-order valence-corrected chi connectivity index (χ4v) is 1.84. The highest BCUT2D eigenvalue weighted by Crippen LogP contribution is 2.02. The van der Waals surface area contributed by atoms with Gasteiger partial charge in [-0.25, -0.2) is 0 Å². The SMILES string of the molecule is COCCN(CCn1ccc(N)n1)C(C)COC. The van der Waals surface area contributed by atoms with Gasteiger partial charge in [0, 0.05) is 39.5 Å². The van der Waals surface area contributed by atoms with Crippen LogP contribution in [0.5, 0.6) is 0 Å². The van der Waals surface area contributed by atoms with E-state index in [4.69, 9.17) is 15.2 Å². The molecule has 6 heteroatoms. The maximum absolute atomic E-state index is 5.59. The number of nitrogens with zero attached hydrogens (tertiary/aromatic N) is 3. The van der Waals surface area contributed by atoms with E-state index >= 15 is 0 Å². The summed E-state index contributed by atoms with van der Waals surface area (Å²) >= 11 is 0. The van der Waals surface area contributed by atoms with Gasteiger partial charge >= 0.3 is 0 Å². The lowest BCUT2D eigenvalue weighted by atomic mass is 10.3. The largest absolute Gasteiger partial charge is 0.383 e. The quantitative estimate of drug-likeness (QED) is 0.695. The molecule has 0 bridgehead atoms. The summed E-state index contributed by atoms with van der Waals surface area (Å²) in [5.41, 5.74) is 5.59. The number of nitrogen functional groups attached to an aromatic ring is 1. The normalized spacial score (nSPS) is 13.1. The van der Waals surface area contributed by atoms with Crippen molar-refractivity contribution in [2.45, 2.75) is 19.5 Å². The van der Waals surface area contributed by atoms with Crippen LogP contribution < -0.4 is 5.73 Å². The Morgan fingerprint density at radius 2 is 2.17 bits per heavy atom. The first-order valence-corrected chi connectivity index (χ1v) is 6.18. The molecule has 1 rings (SSSR count). The molecule has 104 valence electrons. The lowest BCUT2D eigenvalue weighted by molar-refractivity contribution is 0.0723. The minimum Gasteiger partial charge on any atom is -0.383 e. The van der Waals surface area contributed by atoms with Gasteiger partial charge in [-0.3, -0.25) is 9.58 Å². The minimum absolute atomic E-state index is 0.359. The number of hydrogen-bond donors (Lipinski definition) is 1. The topological polar surface area (TPSA) is 65.5 Å². The van der Waals surface area contributed by atoms with Gasteiger partial charge in [0.05, 0.1) is 19.8 Å². The van der Waals surface area contributed by atoms with Gasteiger partial charge in [0.1, 0.15) is 5.82 Å². The first-order valence-electron chi connectivity index (χ1n) is 6.18. The third-order valence-electron chi connectivity index (χ3n) is 2.89. The van der Waals surface area contributed by atoms with E-state index in [0.29, 0.717) is 18.5 Å². The fourth-order valence-electron chi connectivity index (χ4n) is 1.84. The molecule has 1 unspecified atom stereocenters. The molecular formula is C12H24N4O2. The van der Waals surface area contributed by atoms with Crippen LogP contribution in [0.3, 0.4) is 0 Å². The van der Waals surface area contributed by atoms with E-state index in [1.165, 1.54) is 0 Å². The van der Waals surface area contributed by atoms with Gasteiger partial charge in [0.25, 0.3) is 0 Å². The fraction of sp³-hybridized carbons (Fsp3) is 0.750. The van der Waals surface area contributed by atoms with Crippen molar-refractivity contribution in [1.29, 1.82) is 0 Å². The molecule has 0 aliphatic carbocycles. The van der Waals surface area contributed by atoms with Crippen LogP contribution in [0.2, 0.25) is 0 Å². The molecule has 0 amide bonds. The monoisotopic (exact) mass is 256 g/mol. The Hall–Kier alpha value is -1.11. The van der Waals surface area contributed by atoms with Crippen molar-refractivity contribution in [2.75, 3.05) is 46.3 Å². The minimum atomic E-state index is 0.359. The van der Waals surface area contributed by atoms with Crippen LogP contribution in [-0.2, 0) is 16.0 Å². The van der Waals surface area contributed by atoms with E-state index in [1.54, 1.807) is 20.3 Å². The molecule has 1 aromatic heterocycles. The van der Waals surface area contributed by atoms with E-state index < -0.39 is 0 Å². The van der Waals surface area contributed by atoms with Gasteiger partial charge in [-0.2, -0.15) is 5.10 Å². The molecule has 0 saturated carbocycles. The molecule has 2 N–H and O–H groups in total. The summed E-state index contributed by atoms with van der Waals surface area (Å²) in [7, 11) is 3.44. The maximum atomic E-state index is 5.59. The average molecular weight is 256 g/mol. The molecule has 18 heavy (non-hydrogen) atoms. The van der Waals surface area contributed by atoms with E-state index in [0.717, 1.165) is 26.2 Å². The van der Waals surface area contributed by atoms with Crippen LogP contribution in [0, 0.1) is 0 Å². The average Bonchev–Trinajstić information content (AvgIpc) is 2.75. The zero-order valence-corrected chi connectivity index (χ0v) is 11.5. The number of ether oxygens (including phenoxy) is 2. The van der Waals surface area contributed by atoms with Crippen LogP contribution in [0.4, 0.5) is 5.82 Å². The molecule has 0 saturated heterocycles. The van der Waals surface area contributed by atoms with Crippen molar-refractivity contribution >= 4 is 5.82 Å². The van der Waals surface area contributed by atoms with Crippen molar-refractivity contribution in [3.05, 3.63) is 12.3 Å². The maximum Gasteiger partial charge on any atom is 0.145 e. The lowest BCUT2D eigenvalue weighted by Crippen LogP contribution is -2.40. The van der Waals surface area contributed by atoms with Crippen LogP contribution in [0.1, 0.15) is 6.92 Å². The predicted molar refractivity (Wildman–Crippen MR) is 71.4 cm³/mol. The smallest absolute Gasteiger partial charge is 0.145 e. The van der Waals surface area contributed by atoms with Crippen molar-refractivity contribution in [1.82, 2.24) is 14.7 Å². The van der Waals surface area contributed by atoms with Crippen molar-refractivity contribution in [3.63, 3.8) is 0 Å². The zero-order valence-electron chi connectivity index (χ0n) is 11.5. The highest BCUT2D eigenvalue weighted by molar-refractivity contribution is 5.23. The van der Waals surface area contributed by atoms with E-state index in [1.807, 2.05) is 10.9 Å². The summed E-state index contributed by atoms with van der Waals surface area (Å²) in [6, 6.07) is 2.16. The van der Waals surface area contributed by atoms with Gasteiger partial charge < -0.3 is 15.2 Å². The molecule has 0 spiro atoms. The molecule has 0 aromatic carbocycles. The number of anilines is 1. The Bertz CT molecular complexity index is 330. The van der Waals surface area contributed by atoms with Crippen LogP contribution in [0.25, 0.3) is 0 Å². The van der Waals surface area contributed by atoms with E-state index in [9.17, 15) is 0 Å². The molecular weight excluding hydrogens is 232 g/mol. The molecule has 1 aromatic rings. The van der Waals surface area contributed by atoms with Crippen molar-refractivity contribution < 1.29 is 9.47 Å². The second kappa shape index (κ2) is 8.07. The van der Waals surface area contributed by atoms with E-state index in [-0.39, 0.29) is 0 Å². The van der Waals surface area contributed by atoms with Crippen molar-refractivity contribution in [3.8, 4) is 0 Å². The highest BCUT2D eigenvalue weighted by Gasteiger charge is 2.13. The first kappa shape index (κ1) is 14.9. The molecule has 0 aliphatic heterocycles. The summed E-state index contributed by atoms with van der Waals surface area (Å²) in [5.74, 6) is 0.559. The summed E-state index contributed by atoms with van der Waals surface area (Å²) in [6.45, 7) is 6.18. The Morgan fingerprint density at radius 3 is 2.72 bits per heavy atom. The number of nitrogens with two attached hydrogens (primary N) is 1. The predicted octanol–water partition coefficient (Wildman–Crippen LogP) is 0.449. The lowest BCUT2D eigenvalue weighted by Gasteiger charge is -2.28. The van der Waals surface area contributed by atoms with Gasteiger partial charge in [-0.15, -0.1) is 0 Å². The molecule has 0 fully saturated rings. The Labute approximate surface area is 109 Å². The number of hydrogen-bond acceptors (Lipinski definition) is 5.